The van der Waals surface area contributed by atoms with Crippen molar-refractivity contribution in [2.75, 3.05) is 10.3 Å². The van der Waals surface area contributed by atoms with Gasteiger partial charge in [0.2, 0.25) is 0 Å². The molecule has 1 saturated heterocycles. The Morgan fingerprint density at radius 3 is 1.91 bits per heavy atom. The summed E-state index contributed by atoms with van der Waals surface area (Å²) < 4.78 is 0. The predicted octanol–water partition coefficient (Wildman–Crippen LogP) is 5.53. The molecule has 1 fully saturated rings. The Kier molecular flexibility index (Phi) is 6.74. The van der Waals surface area contributed by atoms with Crippen molar-refractivity contribution in [1.29, 1.82) is 0 Å². The molecule has 0 aromatic heterocycles. The third kappa shape index (κ3) is 5.11. The topological polar surface area (TPSA) is 143 Å². The minimum Gasteiger partial charge on any atom is -0.367 e. The van der Waals surface area contributed by atoms with Crippen LogP contribution in [0.1, 0.15) is 0 Å². The molecule has 35 heavy (non-hydrogen) atoms. The number of aliphatic imine (C=N–C) groups is 1. The largest absolute Gasteiger partial charge is 0.367 e. The summed E-state index contributed by atoms with van der Waals surface area (Å²) in [6, 6.07) is 12.6. The lowest BCUT2D eigenvalue weighted by Crippen LogP contribution is -2.37. The average Bonchev–Trinajstić information content (AvgIpc) is 3.08. The first-order valence-corrected chi connectivity index (χ1v) is 10.9. The van der Waals surface area contributed by atoms with E-state index in [2.05, 4.69) is 15.7 Å². The lowest BCUT2D eigenvalue weighted by atomic mass is 10.2. The Balaban J connectivity index is 1.73. The number of benzene rings is 3. The van der Waals surface area contributed by atoms with E-state index in [9.17, 15) is 25.0 Å². The summed E-state index contributed by atoms with van der Waals surface area (Å²) in [5.74, 6) is -0.403. The normalized spacial score (nSPS) is 16.3. The summed E-state index contributed by atoms with van der Waals surface area (Å²) in [6.07, 6.45) is 0. The Hall–Kier alpha value is -3.93. The first-order valence-electron chi connectivity index (χ1n) is 9.73. The van der Waals surface area contributed by atoms with E-state index >= 15 is 0 Å². The number of hydrazine groups is 1. The van der Waals surface area contributed by atoms with E-state index in [1.165, 1.54) is 60.7 Å². The number of carbonyl (C=O) groups is 1. The Labute approximate surface area is 212 Å². The number of nitro benzene ring substituents is 2. The third-order valence-electron chi connectivity index (χ3n) is 4.87. The molecule has 178 valence electrons. The fraction of sp³-hybridized carbons (Fsp3) is 0.0476. The lowest BCUT2D eigenvalue weighted by Gasteiger charge is -2.19. The second-order valence-corrected chi connectivity index (χ2v) is 8.41. The number of hydrogen-bond acceptors (Lipinski definition) is 7. The van der Waals surface area contributed by atoms with E-state index in [4.69, 9.17) is 34.8 Å². The van der Waals surface area contributed by atoms with Crippen LogP contribution in [0.25, 0.3) is 0 Å². The number of rotatable bonds is 6. The first-order chi connectivity index (χ1) is 16.6. The monoisotopic (exact) mass is 534 g/mol. The van der Waals surface area contributed by atoms with Crippen molar-refractivity contribution in [3.8, 4) is 0 Å². The zero-order valence-corrected chi connectivity index (χ0v) is 19.6. The Morgan fingerprint density at radius 1 is 0.886 bits per heavy atom. The molecule has 2 N–H and O–H groups in total. The van der Waals surface area contributed by atoms with Gasteiger partial charge in [0.15, 0.2) is 11.9 Å². The number of carbonyl (C=O) groups excluding carboxylic acids is 1. The predicted molar refractivity (Wildman–Crippen MR) is 133 cm³/mol. The SMILES string of the molecule is O=C1C(Nc2ccc([N+](=O)[O-])cc2)C(=Nc2ccc([N+](=O)[O-])cc2)NN1c1c(Cl)cc(Cl)cc1Cl. The Bertz CT molecular complexity index is 1340. The first kappa shape index (κ1) is 24.2. The maximum atomic E-state index is 13.4. The Morgan fingerprint density at radius 2 is 1.40 bits per heavy atom. The summed E-state index contributed by atoms with van der Waals surface area (Å²) in [7, 11) is 0. The molecule has 1 aliphatic rings. The maximum Gasteiger partial charge on any atom is 0.276 e. The zero-order chi connectivity index (χ0) is 25.3. The minimum atomic E-state index is -1.07. The number of hydrogen-bond donors (Lipinski definition) is 2. The van der Waals surface area contributed by atoms with Gasteiger partial charge in [0.25, 0.3) is 17.3 Å². The van der Waals surface area contributed by atoms with Gasteiger partial charge in [0.1, 0.15) is 5.69 Å². The van der Waals surface area contributed by atoms with Crippen LogP contribution in [0.4, 0.5) is 28.4 Å². The van der Waals surface area contributed by atoms with Crippen LogP contribution in [-0.2, 0) is 4.79 Å². The van der Waals surface area contributed by atoms with E-state index < -0.39 is 21.8 Å². The van der Waals surface area contributed by atoms with Crippen molar-refractivity contribution in [3.63, 3.8) is 0 Å². The van der Waals surface area contributed by atoms with Gasteiger partial charge in [0, 0.05) is 35.0 Å². The number of halogens is 3. The fourth-order valence-corrected chi connectivity index (χ4v) is 4.23. The van der Waals surface area contributed by atoms with E-state index in [0.29, 0.717) is 11.4 Å². The molecular formula is C21H13Cl3N6O5. The summed E-state index contributed by atoms with van der Waals surface area (Å²) in [6.45, 7) is 0. The summed E-state index contributed by atoms with van der Waals surface area (Å²) in [4.78, 5) is 38.6. The smallest absolute Gasteiger partial charge is 0.276 e. The van der Waals surface area contributed by atoms with Gasteiger partial charge < -0.3 is 5.32 Å². The second-order valence-electron chi connectivity index (χ2n) is 7.16. The minimum absolute atomic E-state index is 0.106. The van der Waals surface area contributed by atoms with Gasteiger partial charge in [0.05, 0.1) is 25.6 Å². The molecule has 1 heterocycles. The van der Waals surface area contributed by atoms with Gasteiger partial charge in [-0.3, -0.25) is 30.4 Å². The van der Waals surface area contributed by atoms with Gasteiger partial charge in [-0.05, 0) is 36.4 Å². The molecular weight excluding hydrogens is 523 g/mol. The van der Waals surface area contributed by atoms with Crippen LogP contribution >= 0.6 is 34.8 Å². The molecule has 0 spiro atoms. The van der Waals surface area contributed by atoms with E-state index in [-0.39, 0.29) is 38.0 Å². The van der Waals surface area contributed by atoms with Gasteiger partial charge in [-0.1, -0.05) is 34.8 Å². The van der Waals surface area contributed by atoms with Crippen molar-refractivity contribution in [1.82, 2.24) is 5.43 Å². The van der Waals surface area contributed by atoms with Gasteiger partial charge in [-0.15, -0.1) is 0 Å². The van der Waals surface area contributed by atoms with Crippen LogP contribution in [0.15, 0.2) is 65.7 Å². The fourth-order valence-electron chi connectivity index (χ4n) is 3.25. The highest BCUT2D eigenvalue weighted by atomic mass is 35.5. The quantitative estimate of drug-likeness (QED) is 0.312. The number of nitrogens with one attached hydrogen (secondary N) is 2. The molecule has 0 aliphatic carbocycles. The van der Waals surface area contributed by atoms with Crippen LogP contribution in [-0.4, -0.2) is 27.6 Å². The van der Waals surface area contributed by atoms with Crippen molar-refractivity contribution >= 4 is 75.0 Å². The summed E-state index contributed by atoms with van der Waals surface area (Å²) >= 11 is 18.6. The molecule has 1 unspecified atom stereocenters. The number of amidine groups is 1. The molecule has 11 nitrogen and oxygen atoms in total. The molecule has 3 aromatic rings. The molecule has 0 bridgehead atoms. The molecule has 4 rings (SSSR count). The highest BCUT2D eigenvalue weighted by Gasteiger charge is 2.40. The molecule has 1 aliphatic heterocycles. The highest BCUT2D eigenvalue weighted by Crippen LogP contribution is 2.37. The second kappa shape index (κ2) is 9.74. The standard InChI is InChI=1S/C21H13Cl3N6O5/c22-11-9-16(23)19(17(24)10-11)28-21(31)18(25-12-1-5-14(6-2-12)29(32)33)20(27-28)26-13-3-7-15(8-4-13)30(34)35/h1-10,18,25H,(H,26,27). The van der Waals surface area contributed by atoms with Crippen LogP contribution < -0.4 is 15.8 Å². The zero-order valence-electron chi connectivity index (χ0n) is 17.3. The van der Waals surface area contributed by atoms with Gasteiger partial charge >= 0.3 is 0 Å². The lowest BCUT2D eigenvalue weighted by molar-refractivity contribution is -0.385. The van der Waals surface area contributed by atoms with Crippen molar-refractivity contribution in [2.24, 2.45) is 4.99 Å². The molecule has 0 radical (unpaired) electrons. The molecule has 0 saturated carbocycles. The molecule has 1 atom stereocenters. The van der Waals surface area contributed by atoms with E-state index in [1.54, 1.807) is 0 Å². The van der Waals surface area contributed by atoms with E-state index in [0.717, 1.165) is 5.01 Å². The molecule has 3 aromatic carbocycles. The number of amides is 1. The average molecular weight is 536 g/mol. The van der Waals surface area contributed by atoms with Gasteiger partial charge in [-0.25, -0.2) is 10.0 Å². The molecule has 14 heteroatoms. The van der Waals surface area contributed by atoms with Crippen molar-refractivity contribution in [2.45, 2.75) is 6.04 Å². The summed E-state index contributed by atoms with van der Waals surface area (Å²) in [5.41, 5.74) is 3.50. The maximum absolute atomic E-state index is 13.4. The molecule has 1 amide bonds. The summed E-state index contributed by atoms with van der Waals surface area (Å²) in [5, 5.41) is 26.4. The number of non-ortho nitro benzene ring substituents is 2. The number of anilines is 2. The van der Waals surface area contributed by atoms with Crippen LogP contribution in [0.2, 0.25) is 15.1 Å². The highest BCUT2D eigenvalue weighted by molar-refractivity contribution is 6.43. The van der Waals surface area contributed by atoms with E-state index in [1.807, 2.05) is 0 Å². The van der Waals surface area contributed by atoms with Crippen molar-refractivity contribution in [3.05, 3.63) is 96.0 Å². The number of nitrogens with zero attached hydrogens (tertiary/aromatic N) is 4. The van der Waals surface area contributed by atoms with Crippen LogP contribution in [0.5, 0.6) is 0 Å². The van der Waals surface area contributed by atoms with Crippen molar-refractivity contribution < 1.29 is 14.6 Å². The number of nitro groups is 2. The third-order valence-corrected chi connectivity index (χ3v) is 5.67. The van der Waals surface area contributed by atoms with Crippen LogP contribution in [0, 0.1) is 20.2 Å². The van der Waals surface area contributed by atoms with Gasteiger partial charge in [-0.2, -0.15) is 0 Å². The van der Waals surface area contributed by atoms with Crippen LogP contribution in [0.3, 0.4) is 0 Å².